The van der Waals surface area contributed by atoms with Crippen LogP contribution in [0.1, 0.15) is 31.5 Å². The van der Waals surface area contributed by atoms with Crippen molar-refractivity contribution in [2.45, 2.75) is 32.1 Å². The fourth-order valence-electron chi connectivity index (χ4n) is 1.40. The summed E-state index contributed by atoms with van der Waals surface area (Å²) in [6, 6.07) is 0. The predicted octanol–water partition coefficient (Wildman–Crippen LogP) is 0.932. The van der Waals surface area contributed by atoms with Crippen molar-refractivity contribution in [1.29, 1.82) is 0 Å². The number of hydrogen-bond acceptors (Lipinski definition) is 3. The van der Waals surface area contributed by atoms with Gasteiger partial charge in [-0.2, -0.15) is 5.21 Å². The molecule has 1 N–H and O–H groups in total. The maximum Gasteiger partial charge on any atom is 0.174 e. The van der Waals surface area contributed by atoms with Crippen LogP contribution < -0.4 is 0 Å². The van der Waals surface area contributed by atoms with Gasteiger partial charge in [-0.25, -0.2) is 0 Å². The van der Waals surface area contributed by atoms with Crippen molar-refractivity contribution in [2.75, 3.05) is 0 Å². The van der Waals surface area contributed by atoms with Gasteiger partial charge in [0.15, 0.2) is 5.82 Å². The molecule has 0 radical (unpaired) electrons. The lowest BCUT2D eigenvalue weighted by Crippen LogP contribution is -2.11. The second-order valence-electron chi connectivity index (χ2n) is 3.16. The van der Waals surface area contributed by atoms with Crippen LogP contribution in [0.25, 0.3) is 0 Å². The molecule has 0 aliphatic heterocycles. The molecule has 60 valence electrons. The first-order valence-corrected chi connectivity index (χ1v) is 4.17. The summed E-state index contributed by atoms with van der Waals surface area (Å²) in [6.45, 7) is 0. The Bertz CT molecular complexity index is 202. The van der Waals surface area contributed by atoms with Crippen LogP contribution in [-0.4, -0.2) is 20.6 Å². The highest BCUT2D eigenvalue weighted by atomic mass is 15.5. The minimum Gasteiger partial charge on any atom is -0.177 e. The summed E-state index contributed by atoms with van der Waals surface area (Å²) >= 11 is 0. The number of nitrogens with zero attached hydrogens (tertiary/aromatic N) is 3. The molecule has 1 aliphatic carbocycles. The van der Waals surface area contributed by atoms with Crippen molar-refractivity contribution >= 4 is 0 Å². The molecule has 4 nitrogen and oxygen atoms in total. The predicted molar refractivity (Wildman–Crippen MR) is 39.8 cm³/mol. The van der Waals surface area contributed by atoms with Crippen LogP contribution in [0.3, 0.4) is 0 Å². The van der Waals surface area contributed by atoms with Gasteiger partial charge in [0.25, 0.3) is 0 Å². The van der Waals surface area contributed by atoms with Crippen LogP contribution in [0.5, 0.6) is 0 Å². The second-order valence-corrected chi connectivity index (χ2v) is 3.16. The molecule has 1 aromatic rings. The van der Waals surface area contributed by atoms with E-state index in [4.69, 9.17) is 0 Å². The summed E-state index contributed by atoms with van der Waals surface area (Å²) in [6.07, 6.45) is 6.44. The third-order valence-corrected chi connectivity index (χ3v) is 2.39. The van der Waals surface area contributed by atoms with Gasteiger partial charge in [-0.3, -0.25) is 0 Å². The van der Waals surface area contributed by atoms with Crippen LogP contribution in [0.4, 0.5) is 0 Å². The zero-order chi connectivity index (χ0) is 7.52. The van der Waals surface area contributed by atoms with Gasteiger partial charge < -0.3 is 0 Å². The van der Waals surface area contributed by atoms with Gasteiger partial charge >= 0.3 is 0 Å². The highest BCUT2D eigenvalue weighted by Gasteiger charge is 2.17. The van der Waals surface area contributed by atoms with Crippen molar-refractivity contribution in [2.24, 2.45) is 5.92 Å². The van der Waals surface area contributed by atoms with Crippen LogP contribution in [0, 0.1) is 5.92 Å². The van der Waals surface area contributed by atoms with E-state index in [9.17, 15) is 0 Å². The Morgan fingerprint density at radius 1 is 1.45 bits per heavy atom. The number of hydrogen-bond donors (Lipinski definition) is 1. The Kier molecular flexibility index (Phi) is 1.83. The van der Waals surface area contributed by atoms with E-state index in [1.807, 2.05) is 0 Å². The van der Waals surface area contributed by atoms with Crippen LogP contribution >= 0.6 is 0 Å². The molecular weight excluding hydrogens is 140 g/mol. The first kappa shape index (κ1) is 6.76. The molecule has 11 heavy (non-hydrogen) atoms. The number of rotatable bonds is 3. The molecule has 0 spiro atoms. The molecule has 0 unspecified atom stereocenters. The number of H-pyrrole nitrogens is 1. The SMILES string of the molecule is C1CC(CCc2nn[nH]n2)C1. The summed E-state index contributed by atoms with van der Waals surface area (Å²) in [4.78, 5) is 0. The number of tetrazole rings is 1. The summed E-state index contributed by atoms with van der Waals surface area (Å²) in [5, 5.41) is 13.8. The normalized spacial score (nSPS) is 18.2. The van der Waals surface area contributed by atoms with Crippen molar-refractivity contribution in [3.63, 3.8) is 0 Å². The Morgan fingerprint density at radius 3 is 2.91 bits per heavy atom. The minimum absolute atomic E-state index is 0.858. The summed E-state index contributed by atoms with van der Waals surface area (Å²) in [5.74, 6) is 1.80. The van der Waals surface area contributed by atoms with Crippen molar-refractivity contribution in [1.82, 2.24) is 20.6 Å². The maximum atomic E-state index is 3.90. The smallest absolute Gasteiger partial charge is 0.174 e. The molecule has 2 rings (SSSR count). The van der Waals surface area contributed by atoms with E-state index in [1.54, 1.807) is 0 Å². The van der Waals surface area contributed by atoms with E-state index in [-0.39, 0.29) is 0 Å². The van der Waals surface area contributed by atoms with Gasteiger partial charge in [0.2, 0.25) is 0 Å². The molecule has 1 saturated carbocycles. The third-order valence-electron chi connectivity index (χ3n) is 2.39. The Hall–Kier alpha value is -0.930. The monoisotopic (exact) mass is 152 g/mol. The van der Waals surface area contributed by atoms with E-state index in [0.29, 0.717) is 0 Å². The van der Waals surface area contributed by atoms with E-state index in [1.165, 1.54) is 25.7 Å². The Labute approximate surface area is 65.4 Å². The molecule has 1 fully saturated rings. The highest BCUT2D eigenvalue weighted by molar-refractivity contribution is 4.79. The quantitative estimate of drug-likeness (QED) is 0.701. The van der Waals surface area contributed by atoms with Crippen molar-refractivity contribution < 1.29 is 0 Å². The summed E-state index contributed by atoms with van der Waals surface area (Å²) < 4.78 is 0. The molecular formula is C7H12N4. The summed E-state index contributed by atoms with van der Waals surface area (Å²) in [7, 11) is 0. The molecule has 4 heteroatoms. The lowest BCUT2D eigenvalue weighted by Gasteiger charge is -2.24. The van der Waals surface area contributed by atoms with E-state index < -0.39 is 0 Å². The Morgan fingerprint density at radius 2 is 2.36 bits per heavy atom. The zero-order valence-corrected chi connectivity index (χ0v) is 6.45. The third kappa shape index (κ3) is 1.56. The van der Waals surface area contributed by atoms with Gasteiger partial charge in [0.05, 0.1) is 0 Å². The van der Waals surface area contributed by atoms with Crippen molar-refractivity contribution in [3.8, 4) is 0 Å². The molecule has 1 aliphatic rings. The minimum atomic E-state index is 0.858. The van der Waals surface area contributed by atoms with Crippen LogP contribution in [0.2, 0.25) is 0 Å². The van der Waals surface area contributed by atoms with Gasteiger partial charge in [-0.05, 0) is 12.3 Å². The van der Waals surface area contributed by atoms with Gasteiger partial charge in [0, 0.05) is 6.42 Å². The molecule has 1 aromatic heterocycles. The average Bonchev–Trinajstić information content (AvgIpc) is 2.36. The van der Waals surface area contributed by atoms with Crippen molar-refractivity contribution in [3.05, 3.63) is 5.82 Å². The first-order chi connectivity index (χ1) is 5.45. The molecule has 0 amide bonds. The lowest BCUT2D eigenvalue weighted by molar-refractivity contribution is 0.294. The van der Waals surface area contributed by atoms with Crippen LogP contribution in [-0.2, 0) is 6.42 Å². The molecule has 1 heterocycles. The molecule has 0 aromatic carbocycles. The van der Waals surface area contributed by atoms with Crippen LogP contribution in [0.15, 0.2) is 0 Å². The number of aromatic nitrogens is 4. The first-order valence-electron chi connectivity index (χ1n) is 4.17. The lowest BCUT2D eigenvalue weighted by atomic mass is 9.82. The number of nitrogens with one attached hydrogen (secondary N) is 1. The molecule has 0 atom stereocenters. The van der Waals surface area contributed by atoms with E-state index in [0.717, 1.165) is 18.2 Å². The molecule has 0 saturated heterocycles. The fraction of sp³-hybridized carbons (Fsp3) is 0.857. The topological polar surface area (TPSA) is 54.5 Å². The van der Waals surface area contributed by atoms with E-state index >= 15 is 0 Å². The highest BCUT2D eigenvalue weighted by Crippen LogP contribution is 2.29. The Balaban J connectivity index is 1.74. The largest absolute Gasteiger partial charge is 0.177 e. The second kappa shape index (κ2) is 2.98. The average molecular weight is 152 g/mol. The van der Waals surface area contributed by atoms with Gasteiger partial charge in [-0.1, -0.05) is 24.5 Å². The maximum absolute atomic E-state index is 3.90. The van der Waals surface area contributed by atoms with Gasteiger partial charge in [-0.15, -0.1) is 10.2 Å². The number of aryl methyl sites for hydroxylation is 1. The fourth-order valence-corrected chi connectivity index (χ4v) is 1.40. The van der Waals surface area contributed by atoms with E-state index in [2.05, 4.69) is 20.6 Å². The van der Waals surface area contributed by atoms with Gasteiger partial charge in [0.1, 0.15) is 0 Å². The standard InChI is InChI=1S/C7H12N4/c1-2-6(3-1)4-5-7-8-10-11-9-7/h6H,1-5H2,(H,8,9,10,11). The zero-order valence-electron chi connectivity index (χ0n) is 6.45. The number of aromatic amines is 1. The molecule has 0 bridgehead atoms. The summed E-state index contributed by atoms with van der Waals surface area (Å²) in [5.41, 5.74) is 0.